The van der Waals surface area contributed by atoms with Gasteiger partial charge in [0.05, 0.1) is 5.52 Å². The fourth-order valence-electron chi connectivity index (χ4n) is 1.98. The number of carbonyl (C=O) groups is 1. The number of fused-ring (bicyclic) bond motifs is 1. The lowest BCUT2D eigenvalue weighted by atomic mass is 10.1. The summed E-state index contributed by atoms with van der Waals surface area (Å²) in [5, 5.41) is 17.5. The summed E-state index contributed by atoms with van der Waals surface area (Å²) < 4.78 is 0. The average Bonchev–Trinajstić information content (AvgIpc) is 2.81. The number of hydrogen-bond donors (Lipinski definition) is 2. The van der Waals surface area contributed by atoms with E-state index < -0.39 is 0 Å². The second kappa shape index (κ2) is 4.00. The molecule has 18 heavy (non-hydrogen) atoms. The first kappa shape index (κ1) is 10.5. The third-order valence-electron chi connectivity index (χ3n) is 2.84. The molecule has 3 rings (SSSR count). The highest BCUT2D eigenvalue weighted by molar-refractivity contribution is 5.96. The van der Waals surface area contributed by atoms with E-state index in [0.717, 1.165) is 28.4 Å². The molecule has 0 aliphatic heterocycles. The number of phenols is 1. The zero-order valence-electron chi connectivity index (χ0n) is 9.42. The van der Waals surface area contributed by atoms with Gasteiger partial charge in [0.1, 0.15) is 17.7 Å². The Kier molecular flexibility index (Phi) is 2.34. The molecule has 0 spiro atoms. The van der Waals surface area contributed by atoms with E-state index >= 15 is 0 Å². The highest BCUT2D eigenvalue weighted by atomic mass is 16.3. The van der Waals surface area contributed by atoms with E-state index in [-0.39, 0.29) is 5.75 Å². The number of carbonyl (C=O) groups excluding carboxylic acids is 1. The van der Waals surface area contributed by atoms with Crippen LogP contribution in [0.4, 0.5) is 0 Å². The summed E-state index contributed by atoms with van der Waals surface area (Å²) in [7, 11) is 0. The average molecular weight is 238 g/mol. The Hall–Kier alpha value is -2.62. The van der Waals surface area contributed by atoms with Crippen molar-refractivity contribution in [3.8, 4) is 17.0 Å². The molecule has 0 aliphatic carbocycles. The van der Waals surface area contributed by atoms with Crippen molar-refractivity contribution in [2.24, 2.45) is 0 Å². The van der Waals surface area contributed by atoms with E-state index in [4.69, 9.17) is 0 Å². The van der Waals surface area contributed by atoms with Crippen molar-refractivity contribution in [2.45, 2.75) is 0 Å². The predicted molar refractivity (Wildman–Crippen MR) is 68.6 cm³/mol. The molecule has 2 aromatic carbocycles. The van der Waals surface area contributed by atoms with Crippen LogP contribution < -0.4 is 0 Å². The van der Waals surface area contributed by atoms with Gasteiger partial charge in [-0.15, -0.1) is 0 Å². The topological polar surface area (TPSA) is 66.0 Å². The first-order chi connectivity index (χ1) is 8.78. The smallest absolute Gasteiger partial charge is 0.150 e. The largest absolute Gasteiger partial charge is 0.508 e. The van der Waals surface area contributed by atoms with Gasteiger partial charge in [0.2, 0.25) is 0 Å². The van der Waals surface area contributed by atoms with E-state index in [2.05, 4.69) is 10.2 Å². The van der Waals surface area contributed by atoms with E-state index in [1.54, 1.807) is 30.3 Å². The molecule has 0 unspecified atom stereocenters. The predicted octanol–water partition coefficient (Wildman–Crippen LogP) is 2.75. The molecule has 0 saturated heterocycles. The third kappa shape index (κ3) is 1.64. The van der Waals surface area contributed by atoms with Crippen LogP contribution in [0.2, 0.25) is 0 Å². The number of aromatic hydroxyl groups is 1. The van der Waals surface area contributed by atoms with Crippen LogP contribution in [0.3, 0.4) is 0 Å². The molecule has 4 heteroatoms. The summed E-state index contributed by atoms with van der Waals surface area (Å²) in [5.41, 5.74) is 3.00. The number of nitrogens with zero attached hydrogens (tertiary/aromatic N) is 1. The Labute approximate surface area is 103 Å². The molecule has 2 N–H and O–H groups in total. The number of aromatic amines is 1. The molecule has 0 saturated carbocycles. The number of phenolic OH excluding ortho intramolecular Hbond substituents is 1. The van der Waals surface area contributed by atoms with Gasteiger partial charge < -0.3 is 5.11 Å². The summed E-state index contributed by atoms with van der Waals surface area (Å²) in [6, 6.07) is 12.2. The van der Waals surface area contributed by atoms with Gasteiger partial charge in [-0.05, 0) is 30.3 Å². The van der Waals surface area contributed by atoms with Crippen LogP contribution in [0.15, 0.2) is 42.5 Å². The first-order valence-electron chi connectivity index (χ1n) is 5.50. The molecule has 4 nitrogen and oxygen atoms in total. The Morgan fingerprint density at radius 1 is 1.17 bits per heavy atom. The lowest BCUT2D eigenvalue weighted by Crippen LogP contribution is -1.81. The molecule has 0 bridgehead atoms. The molecule has 0 aliphatic rings. The van der Waals surface area contributed by atoms with Crippen LogP contribution >= 0.6 is 0 Å². The van der Waals surface area contributed by atoms with Crippen molar-refractivity contribution >= 4 is 17.2 Å². The number of nitrogens with one attached hydrogen (secondary N) is 1. The maximum absolute atomic E-state index is 10.8. The van der Waals surface area contributed by atoms with Crippen LogP contribution in [0.5, 0.6) is 5.75 Å². The molecule has 3 aromatic rings. The second-order valence-electron chi connectivity index (χ2n) is 4.05. The molecule has 0 atom stereocenters. The van der Waals surface area contributed by atoms with Crippen molar-refractivity contribution in [1.82, 2.24) is 10.2 Å². The third-order valence-corrected chi connectivity index (χ3v) is 2.84. The number of hydrogen-bond acceptors (Lipinski definition) is 3. The molecule has 0 amide bonds. The van der Waals surface area contributed by atoms with Gasteiger partial charge in [0.25, 0.3) is 0 Å². The zero-order valence-corrected chi connectivity index (χ0v) is 9.42. The lowest BCUT2D eigenvalue weighted by molar-refractivity contribution is 0.112. The van der Waals surface area contributed by atoms with Gasteiger partial charge in [-0.25, -0.2) is 0 Å². The van der Waals surface area contributed by atoms with Crippen molar-refractivity contribution in [3.05, 3.63) is 48.0 Å². The summed E-state index contributed by atoms with van der Waals surface area (Å²) in [5.74, 6) is 0.190. The zero-order chi connectivity index (χ0) is 12.5. The number of aldehydes is 1. The molecule has 1 heterocycles. The Morgan fingerprint density at radius 2 is 2.06 bits per heavy atom. The van der Waals surface area contributed by atoms with E-state index in [1.165, 1.54) is 0 Å². The maximum atomic E-state index is 10.8. The molecular formula is C14H10N2O2. The monoisotopic (exact) mass is 238 g/mol. The molecule has 1 aromatic heterocycles. The molecule has 88 valence electrons. The Morgan fingerprint density at radius 3 is 2.83 bits per heavy atom. The Balaban J connectivity index is 2.26. The standard InChI is InChI=1S/C14H10N2O2/c17-8-9-4-5-13-12(6-9)14(16-15-13)10-2-1-3-11(18)7-10/h1-8,18H,(H,15,16). The fraction of sp³-hybridized carbons (Fsp3) is 0. The summed E-state index contributed by atoms with van der Waals surface area (Å²) >= 11 is 0. The van der Waals surface area contributed by atoms with Gasteiger partial charge in [0.15, 0.2) is 0 Å². The van der Waals surface area contributed by atoms with Crippen molar-refractivity contribution in [3.63, 3.8) is 0 Å². The van der Waals surface area contributed by atoms with E-state index in [9.17, 15) is 9.90 Å². The Bertz CT molecular complexity index is 731. The highest BCUT2D eigenvalue weighted by Gasteiger charge is 2.09. The van der Waals surface area contributed by atoms with Crippen LogP contribution in [-0.2, 0) is 0 Å². The quantitative estimate of drug-likeness (QED) is 0.674. The van der Waals surface area contributed by atoms with Crippen LogP contribution in [0, 0.1) is 0 Å². The van der Waals surface area contributed by atoms with Crippen molar-refractivity contribution in [2.75, 3.05) is 0 Å². The molecular weight excluding hydrogens is 228 g/mol. The number of rotatable bonds is 2. The van der Waals surface area contributed by atoms with E-state index in [1.807, 2.05) is 12.1 Å². The summed E-state index contributed by atoms with van der Waals surface area (Å²) in [6.45, 7) is 0. The first-order valence-corrected chi connectivity index (χ1v) is 5.50. The van der Waals surface area contributed by atoms with Gasteiger partial charge in [-0.2, -0.15) is 5.10 Å². The minimum Gasteiger partial charge on any atom is -0.508 e. The SMILES string of the molecule is O=Cc1ccc2[nH]nc(-c3cccc(O)c3)c2c1. The molecule has 0 radical (unpaired) electrons. The van der Waals surface area contributed by atoms with Crippen LogP contribution in [-0.4, -0.2) is 21.6 Å². The maximum Gasteiger partial charge on any atom is 0.150 e. The number of aromatic nitrogens is 2. The summed E-state index contributed by atoms with van der Waals surface area (Å²) in [6.07, 6.45) is 0.804. The number of benzene rings is 2. The van der Waals surface area contributed by atoms with Crippen molar-refractivity contribution in [1.29, 1.82) is 0 Å². The normalized spacial score (nSPS) is 10.7. The lowest BCUT2D eigenvalue weighted by Gasteiger charge is -1.99. The second-order valence-corrected chi connectivity index (χ2v) is 4.05. The van der Waals surface area contributed by atoms with Gasteiger partial charge in [-0.1, -0.05) is 12.1 Å². The minimum absolute atomic E-state index is 0.190. The van der Waals surface area contributed by atoms with Gasteiger partial charge in [-0.3, -0.25) is 9.89 Å². The number of H-pyrrole nitrogens is 1. The van der Waals surface area contributed by atoms with Crippen molar-refractivity contribution < 1.29 is 9.90 Å². The van der Waals surface area contributed by atoms with E-state index in [0.29, 0.717) is 5.56 Å². The summed E-state index contributed by atoms with van der Waals surface area (Å²) in [4.78, 5) is 10.8. The minimum atomic E-state index is 0.190. The highest BCUT2D eigenvalue weighted by Crippen LogP contribution is 2.28. The molecule has 0 fully saturated rings. The van der Waals surface area contributed by atoms with Gasteiger partial charge in [0, 0.05) is 16.5 Å². The van der Waals surface area contributed by atoms with Crippen LogP contribution in [0.1, 0.15) is 10.4 Å². The van der Waals surface area contributed by atoms with Gasteiger partial charge >= 0.3 is 0 Å². The fourth-order valence-corrected chi connectivity index (χ4v) is 1.98. The van der Waals surface area contributed by atoms with Crippen LogP contribution in [0.25, 0.3) is 22.2 Å².